The molecule has 0 saturated heterocycles. The molecular weight excluding hydrogens is 120 g/mol. The minimum absolute atomic E-state index is 0.705. The van der Waals surface area contributed by atoms with Crippen molar-refractivity contribution in [3.05, 3.63) is 35.4 Å². The maximum atomic E-state index is 5.13. The first kappa shape index (κ1) is 6.89. The minimum Gasteiger partial charge on any atom is -0.120 e. The highest BCUT2D eigenvalue weighted by Gasteiger charge is 1.87. The Morgan fingerprint density at radius 1 is 1.60 bits per heavy atom. The first-order chi connectivity index (χ1) is 4.83. The van der Waals surface area contributed by atoms with E-state index in [1.165, 1.54) is 0 Å². The number of benzene rings is 1. The third kappa shape index (κ3) is 1.63. The number of rotatable bonds is 1. The summed E-state index contributed by atoms with van der Waals surface area (Å²) in [5.41, 5.74) is 2.31. The van der Waals surface area contributed by atoms with Gasteiger partial charge in [0.25, 0.3) is 0 Å². The van der Waals surface area contributed by atoms with Gasteiger partial charge in [0, 0.05) is 6.42 Å². The molecule has 1 radical (unpaired) electrons. The molecule has 0 amide bonds. The summed E-state index contributed by atoms with van der Waals surface area (Å²) in [4.78, 5) is 0. The topological polar surface area (TPSA) is 0 Å². The Hall–Kier alpha value is -1.22. The lowest BCUT2D eigenvalue weighted by molar-refractivity contribution is 1.29. The van der Waals surface area contributed by atoms with Gasteiger partial charge in [0.2, 0.25) is 0 Å². The van der Waals surface area contributed by atoms with Crippen LogP contribution in [0.25, 0.3) is 0 Å². The van der Waals surface area contributed by atoms with Crippen LogP contribution in [0.3, 0.4) is 0 Å². The molecule has 0 bridgehead atoms. The Morgan fingerprint density at radius 2 is 2.40 bits per heavy atom. The summed E-state index contributed by atoms with van der Waals surface area (Å²) >= 11 is 0. The lowest BCUT2D eigenvalue weighted by atomic mass is 10.1. The zero-order valence-corrected chi connectivity index (χ0v) is 6.02. The number of terminal acetylenes is 1. The third-order valence-corrected chi connectivity index (χ3v) is 1.34. The van der Waals surface area contributed by atoms with Gasteiger partial charge in [-0.25, -0.2) is 0 Å². The van der Waals surface area contributed by atoms with E-state index in [9.17, 15) is 0 Å². The van der Waals surface area contributed by atoms with E-state index in [0.717, 1.165) is 11.1 Å². The maximum absolute atomic E-state index is 5.13. The van der Waals surface area contributed by atoms with Crippen LogP contribution in [0.1, 0.15) is 11.1 Å². The Balaban J connectivity index is 2.81. The Bertz CT molecular complexity index is 236. The molecule has 0 aliphatic rings. The highest BCUT2D eigenvalue weighted by Crippen LogP contribution is 2.01. The number of hydrogen-bond acceptors (Lipinski definition) is 0. The molecule has 0 nitrogen and oxygen atoms in total. The van der Waals surface area contributed by atoms with Crippen LogP contribution in [0.15, 0.2) is 18.2 Å². The van der Waals surface area contributed by atoms with Crippen molar-refractivity contribution in [2.45, 2.75) is 13.3 Å². The third-order valence-electron chi connectivity index (χ3n) is 1.34. The second-order valence-corrected chi connectivity index (χ2v) is 2.26. The van der Waals surface area contributed by atoms with Crippen molar-refractivity contribution in [3.63, 3.8) is 0 Å². The molecule has 0 heterocycles. The van der Waals surface area contributed by atoms with Gasteiger partial charge in [-0.2, -0.15) is 0 Å². The second-order valence-electron chi connectivity index (χ2n) is 2.26. The fourth-order valence-electron chi connectivity index (χ4n) is 0.763. The molecule has 0 aliphatic carbocycles. The predicted octanol–water partition coefficient (Wildman–Crippen LogP) is 1.97. The van der Waals surface area contributed by atoms with E-state index in [1.807, 2.05) is 25.1 Å². The predicted molar refractivity (Wildman–Crippen MR) is 42.6 cm³/mol. The average molecular weight is 129 g/mol. The highest BCUT2D eigenvalue weighted by atomic mass is 13.9. The second kappa shape index (κ2) is 3.08. The standard InChI is InChI=1S/C10H9/c1-3-4-10-7-5-9(2)6-8-10/h1,5,7-8H,4H2,2H3. The van der Waals surface area contributed by atoms with E-state index in [4.69, 9.17) is 6.42 Å². The first-order valence-electron chi connectivity index (χ1n) is 3.23. The van der Waals surface area contributed by atoms with Gasteiger partial charge >= 0.3 is 0 Å². The molecule has 0 aromatic heterocycles. The summed E-state index contributed by atoms with van der Waals surface area (Å²) in [6.07, 6.45) is 5.84. The molecule has 49 valence electrons. The Morgan fingerprint density at radius 3 is 2.90 bits per heavy atom. The van der Waals surface area contributed by atoms with Crippen molar-refractivity contribution >= 4 is 0 Å². The van der Waals surface area contributed by atoms with Crippen molar-refractivity contribution < 1.29 is 0 Å². The van der Waals surface area contributed by atoms with E-state index >= 15 is 0 Å². The van der Waals surface area contributed by atoms with Crippen LogP contribution < -0.4 is 0 Å². The van der Waals surface area contributed by atoms with Gasteiger partial charge in [0.1, 0.15) is 0 Å². The molecule has 0 heteroatoms. The van der Waals surface area contributed by atoms with Gasteiger partial charge in [-0.1, -0.05) is 12.1 Å². The number of aryl methyl sites for hydroxylation is 1. The van der Waals surface area contributed by atoms with Gasteiger partial charge in [-0.3, -0.25) is 0 Å². The zero-order valence-electron chi connectivity index (χ0n) is 6.02. The van der Waals surface area contributed by atoms with E-state index < -0.39 is 0 Å². The van der Waals surface area contributed by atoms with Crippen molar-refractivity contribution in [1.82, 2.24) is 0 Å². The molecule has 1 aromatic carbocycles. The lowest BCUT2D eigenvalue weighted by Crippen LogP contribution is -1.80. The molecule has 0 aliphatic heterocycles. The Labute approximate surface area is 61.9 Å². The van der Waals surface area contributed by atoms with Crippen LogP contribution in [-0.4, -0.2) is 0 Å². The summed E-state index contributed by atoms with van der Waals surface area (Å²) in [6, 6.07) is 9.08. The maximum Gasteiger partial charge on any atom is 0.0337 e. The van der Waals surface area contributed by atoms with Gasteiger partial charge in [-0.05, 0) is 30.2 Å². The van der Waals surface area contributed by atoms with Crippen molar-refractivity contribution in [1.29, 1.82) is 0 Å². The van der Waals surface area contributed by atoms with Gasteiger partial charge in [0.05, 0.1) is 0 Å². The fraction of sp³-hybridized carbons (Fsp3) is 0.200. The molecule has 0 spiro atoms. The summed E-state index contributed by atoms with van der Waals surface area (Å²) in [5.74, 6) is 2.58. The van der Waals surface area contributed by atoms with Crippen molar-refractivity contribution in [2.75, 3.05) is 0 Å². The lowest BCUT2D eigenvalue weighted by Gasteiger charge is -1.93. The highest BCUT2D eigenvalue weighted by molar-refractivity contribution is 5.22. The largest absolute Gasteiger partial charge is 0.120 e. The SMILES string of the molecule is C#CCc1c[c]c(C)cc1. The molecule has 0 atom stereocenters. The molecule has 1 aromatic rings. The molecular formula is C10H9. The molecule has 0 N–H and O–H groups in total. The quantitative estimate of drug-likeness (QED) is 0.508. The van der Waals surface area contributed by atoms with Crippen LogP contribution in [0, 0.1) is 25.3 Å². The van der Waals surface area contributed by atoms with Crippen LogP contribution in [0.4, 0.5) is 0 Å². The van der Waals surface area contributed by atoms with E-state index in [2.05, 4.69) is 12.0 Å². The molecule has 10 heavy (non-hydrogen) atoms. The van der Waals surface area contributed by atoms with E-state index in [1.54, 1.807) is 0 Å². The minimum atomic E-state index is 0.705. The van der Waals surface area contributed by atoms with E-state index in [0.29, 0.717) is 6.42 Å². The van der Waals surface area contributed by atoms with Crippen molar-refractivity contribution in [3.8, 4) is 12.3 Å². The Kier molecular flexibility index (Phi) is 2.12. The zero-order chi connectivity index (χ0) is 7.40. The monoisotopic (exact) mass is 129 g/mol. The first-order valence-corrected chi connectivity index (χ1v) is 3.23. The summed E-state index contributed by atoms with van der Waals surface area (Å²) in [7, 11) is 0. The smallest absolute Gasteiger partial charge is 0.0337 e. The average Bonchev–Trinajstić information content (AvgIpc) is 1.95. The molecule has 1 rings (SSSR count). The normalized spacial score (nSPS) is 8.80. The summed E-state index contributed by atoms with van der Waals surface area (Å²) in [6.45, 7) is 2.01. The number of hydrogen-bond donors (Lipinski definition) is 0. The van der Waals surface area contributed by atoms with Gasteiger partial charge in [-0.15, -0.1) is 12.3 Å². The van der Waals surface area contributed by atoms with Gasteiger partial charge in [0.15, 0.2) is 0 Å². The van der Waals surface area contributed by atoms with E-state index in [-0.39, 0.29) is 0 Å². The van der Waals surface area contributed by atoms with Crippen molar-refractivity contribution in [2.24, 2.45) is 0 Å². The van der Waals surface area contributed by atoms with Crippen LogP contribution in [-0.2, 0) is 6.42 Å². The summed E-state index contributed by atoms with van der Waals surface area (Å²) < 4.78 is 0. The van der Waals surface area contributed by atoms with Crippen LogP contribution >= 0.6 is 0 Å². The molecule has 0 saturated carbocycles. The summed E-state index contributed by atoms with van der Waals surface area (Å²) in [5, 5.41) is 0. The fourth-order valence-corrected chi connectivity index (χ4v) is 0.763. The molecule has 0 fully saturated rings. The van der Waals surface area contributed by atoms with Gasteiger partial charge < -0.3 is 0 Å². The van der Waals surface area contributed by atoms with Crippen LogP contribution in [0.5, 0.6) is 0 Å². The molecule has 0 unspecified atom stereocenters. The van der Waals surface area contributed by atoms with Crippen LogP contribution in [0.2, 0.25) is 0 Å².